The molecule has 4 N–H and O–H groups in total. The predicted molar refractivity (Wildman–Crippen MR) is 228 cm³/mol. The van der Waals surface area contributed by atoms with Crippen molar-refractivity contribution in [3.8, 4) is 0 Å². The van der Waals surface area contributed by atoms with Gasteiger partial charge in [-0.25, -0.2) is 29.4 Å². The average molecular weight is 805 g/mol. The first-order chi connectivity index (χ1) is 28.5. The molecule has 0 bridgehead atoms. The summed E-state index contributed by atoms with van der Waals surface area (Å²) >= 11 is 0. The molecule has 6 heterocycles. The van der Waals surface area contributed by atoms with Crippen molar-refractivity contribution >= 4 is 62.3 Å². The molecule has 9 rings (SSSR count). The van der Waals surface area contributed by atoms with E-state index in [9.17, 15) is 18.8 Å². The Balaban J connectivity index is 0.000000164. The van der Waals surface area contributed by atoms with Crippen molar-refractivity contribution in [1.29, 1.82) is 0 Å². The molecule has 3 aromatic carbocycles. The van der Waals surface area contributed by atoms with Crippen LogP contribution in [0.25, 0.3) is 21.5 Å². The van der Waals surface area contributed by atoms with Crippen molar-refractivity contribution in [2.75, 3.05) is 76.1 Å². The van der Waals surface area contributed by atoms with Gasteiger partial charge in [-0.15, -0.1) is 0 Å². The van der Waals surface area contributed by atoms with Gasteiger partial charge in [0, 0.05) is 45.8 Å². The first-order valence-corrected chi connectivity index (χ1v) is 20.1. The Kier molecular flexibility index (Phi) is 11.5. The van der Waals surface area contributed by atoms with Crippen molar-refractivity contribution in [2.24, 2.45) is 9.98 Å². The summed E-state index contributed by atoms with van der Waals surface area (Å²) in [5.41, 5.74) is 1.93. The van der Waals surface area contributed by atoms with E-state index >= 15 is 0 Å². The first-order valence-electron chi connectivity index (χ1n) is 20.1. The molecular formula is C42H49FN12O4. The number of benzene rings is 3. The SMILES string of the molecule is CC(C)(C)OC(=O)N1CCCN(CC2=Nc3n[nH]c(=O)c4cccc(c34)N2)CC1.O=c1[nH]nc2c3c(cccc13)NC(CN1CCCN(Cc3ccc(F)cc3)CC1)=N2. The van der Waals surface area contributed by atoms with Crippen LogP contribution in [0.4, 0.5) is 32.2 Å². The monoisotopic (exact) mass is 804 g/mol. The second-order valence-electron chi connectivity index (χ2n) is 16.2. The van der Waals surface area contributed by atoms with Crippen LogP contribution in [0.3, 0.4) is 0 Å². The van der Waals surface area contributed by atoms with Crippen LogP contribution in [0.15, 0.2) is 80.2 Å². The molecule has 2 saturated heterocycles. The van der Waals surface area contributed by atoms with Gasteiger partial charge in [-0.05, 0) is 88.7 Å². The van der Waals surface area contributed by atoms with Crippen LogP contribution in [0.5, 0.6) is 0 Å². The first kappa shape index (κ1) is 39.8. The molecule has 0 spiro atoms. The zero-order valence-electron chi connectivity index (χ0n) is 33.6. The number of aliphatic imine (C=N–C) groups is 2. The van der Waals surface area contributed by atoms with Crippen LogP contribution in [-0.2, 0) is 11.3 Å². The Bertz CT molecular complexity index is 2530. The highest BCUT2D eigenvalue weighted by Gasteiger charge is 2.26. The van der Waals surface area contributed by atoms with Gasteiger partial charge in [0.05, 0.1) is 46.0 Å². The minimum Gasteiger partial charge on any atom is -0.444 e. The molecule has 2 fully saturated rings. The molecule has 0 unspecified atom stereocenters. The number of aromatic nitrogens is 4. The number of rotatable bonds is 6. The molecule has 1 amide bonds. The van der Waals surface area contributed by atoms with Crippen molar-refractivity contribution in [3.63, 3.8) is 0 Å². The van der Waals surface area contributed by atoms with Crippen molar-refractivity contribution in [3.05, 3.63) is 92.8 Å². The van der Waals surface area contributed by atoms with Gasteiger partial charge >= 0.3 is 6.09 Å². The highest BCUT2D eigenvalue weighted by Crippen LogP contribution is 2.33. The van der Waals surface area contributed by atoms with Crippen molar-refractivity contribution in [2.45, 2.75) is 45.8 Å². The minimum atomic E-state index is -0.494. The number of amides is 1. The zero-order chi connectivity index (χ0) is 41.1. The lowest BCUT2D eigenvalue weighted by Gasteiger charge is -2.27. The average Bonchev–Trinajstić information content (AvgIpc) is 3.58. The third-order valence-electron chi connectivity index (χ3n) is 10.6. The lowest BCUT2D eigenvalue weighted by Crippen LogP contribution is -2.40. The second kappa shape index (κ2) is 17.1. The number of aromatic amines is 2. The third kappa shape index (κ3) is 9.48. The molecule has 0 radical (unpaired) electrons. The van der Waals surface area contributed by atoms with Crippen LogP contribution in [0, 0.1) is 5.82 Å². The molecule has 16 nitrogen and oxygen atoms in total. The second-order valence-corrected chi connectivity index (χ2v) is 16.2. The van der Waals surface area contributed by atoms with Gasteiger partial charge in [-0.3, -0.25) is 24.3 Å². The quantitative estimate of drug-likeness (QED) is 0.181. The fraction of sp³-hybridized carbons (Fsp3) is 0.405. The maximum atomic E-state index is 13.1. The molecule has 0 aliphatic carbocycles. The van der Waals surface area contributed by atoms with Crippen LogP contribution in [-0.4, -0.2) is 129 Å². The summed E-state index contributed by atoms with van der Waals surface area (Å²) < 4.78 is 18.6. The minimum absolute atomic E-state index is 0.197. The van der Waals surface area contributed by atoms with Crippen molar-refractivity contribution in [1.82, 2.24) is 40.0 Å². The van der Waals surface area contributed by atoms with Gasteiger partial charge in [0.1, 0.15) is 23.1 Å². The number of hydrogen-bond acceptors (Lipinski definition) is 13. The topological polar surface area (TPSA) is 180 Å². The van der Waals surface area contributed by atoms with Gasteiger partial charge in [0.25, 0.3) is 11.1 Å². The number of H-pyrrole nitrogens is 2. The van der Waals surface area contributed by atoms with Crippen LogP contribution in [0.2, 0.25) is 0 Å². The van der Waals surface area contributed by atoms with Gasteiger partial charge in [-0.1, -0.05) is 24.3 Å². The number of halogens is 1. The number of anilines is 2. The Morgan fingerprint density at radius 3 is 1.68 bits per heavy atom. The number of carbonyl (C=O) groups is 1. The van der Waals surface area contributed by atoms with E-state index in [2.05, 4.69) is 55.7 Å². The summed E-state index contributed by atoms with van der Waals surface area (Å²) in [4.78, 5) is 54.4. The molecule has 17 heteroatoms. The highest BCUT2D eigenvalue weighted by atomic mass is 19.1. The molecule has 59 heavy (non-hydrogen) atoms. The molecule has 308 valence electrons. The molecule has 5 aromatic rings. The van der Waals surface area contributed by atoms with Gasteiger partial charge in [0.2, 0.25) is 0 Å². The van der Waals surface area contributed by atoms with Crippen LogP contribution < -0.4 is 21.8 Å². The standard InChI is InChI=1S/C22H23FN6O.C20H26N6O3/c23-16-7-5-15(6-8-16)13-28-9-2-10-29(12-11-28)14-19-24-18-4-1-3-17-20(18)21(25-19)26-27-22(17)30;1-20(2,3)29-19(28)26-9-5-8-25(10-11-26)12-15-21-14-7-4-6-13-16(14)17(22-15)23-24-18(13)27/h1,3-8H,2,9-14H2,(H,27,30)(H,24,25,26);4,6-7H,5,8-12H2,1-3H3,(H,24,27)(H,21,22,23). The van der Waals surface area contributed by atoms with E-state index in [1.165, 1.54) is 12.1 Å². The number of carbonyl (C=O) groups excluding carboxylic acids is 1. The van der Waals surface area contributed by atoms with Crippen LogP contribution >= 0.6 is 0 Å². The molecular weight excluding hydrogens is 756 g/mol. The van der Waals surface area contributed by atoms with Crippen LogP contribution in [0.1, 0.15) is 39.2 Å². The Morgan fingerprint density at radius 2 is 1.15 bits per heavy atom. The number of hydrogen-bond donors (Lipinski definition) is 4. The highest BCUT2D eigenvalue weighted by molar-refractivity contribution is 6.13. The maximum absolute atomic E-state index is 13.1. The zero-order valence-corrected chi connectivity index (χ0v) is 33.6. The summed E-state index contributed by atoms with van der Waals surface area (Å²) in [6.07, 6.45) is 1.66. The van der Waals surface area contributed by atoms with E-state index in [-0.39, 0.29) is 23.0 Å². The Hall–Kier alpha value is -6.04. The molecule has 4 aliphatic heterocycles. The summed E-state index contributed by atoms with van der Waals surface area (Å²) in [6, 6.07) is 17.9. The molecule has 4 aliphatic rings. The number of nitrogens with zero attached hydrogens (tertiary/aromatic N) is 8. The summed E-state index contributed by atoms with van der Waals surface area (Å²) in [5, 5.41) is 22.7. The predicted octanol–water partition coefficient (Wildman–Crippen LogP) is 5.05. The van der Waals surface area contributed by atoms with E-state index in [1.54, 1.807) is 17.0 Å². The summed E-state index contributed by atoms with van der Waals surface area (Å²) in [5.74, 6) is 2.49. The fourth-order valence-corrected chi connectivity index (χ4v) is 7.80. The van der Waals surface area contributed by atoms with E-state index in [0.29, 0.717) is 48.6 Å². The number of nitrogens with one attached hydrogen (secondary N) is 4. The number of amidine groups is 2. The normalized spacial score (nSPS) is 17.5. The lowest BCUT2D eigenvalue weighted by molar-refractivity contribution is 0.0258. The Labute approximate surface area is 340 Å². The van der Waals surface area contributed by atoms with Crippen molar-refractivity contribution < 1.29 is 13.9 Å². The van der Waals surface area contributed by atoms with E-state index in [1.807, 2.05) is 57.2 Å². The van der Waals surface area contributed by atoms with Gasteiger partial charge in [0.15, 0.2) is 11.6 Å². The Morgan fingerprint density at radius 1 is 0.661 bits per heavy atom. The smallest absolute Gasteiger partial charge is 0.410 e. The number of ether oxygens (including phenoxy) is 1. The van der Waals surface area contributed by atoms with E-state index in [4.69, 9.17) is 4.74 Å². The molecule has 2 aromatic heterocycles. The molecule has 0 atom stereocenters. The van der Waals surface area contributed by atoms with Gasteiger partial charge < -0.3 is 20.3 Å². The maximum Gasteiger partial charge on any atom is 0.410 e. The third-order valence-corrected chi connectivity index (χ3v) is 10.6. The van der Waals surface area contributed by atoms with Gasteiger partial charge in [-0.2, -0.15) is 10.2 Å². The summed E-state index contributed by atoms with van der Waals surface area (Å²) in [6.45, 7) is 14.5. The largest absolute Gasteiger partial charge is 0.444 e. The van der Waals surface area contributed by atoms with E-state index in [0.717, 1.165) is 98.0 Å². The molecule has 0 saturated carbocycles. The summed E-state index contributed by atoms with van der Waals surface area (Å²) in [7, 11) is 0. The van der Waals surface area contributed by atoms with E-state index < -0.39 is 5.60 Å². The fourth-order valence-electron chi connectivity index (χ4n) is 7.80. The lowest BCUT2D eigenvalue weighted by atomic mass is 10.1.